The second-order valence-electron chi connectivity index (χ2n) is 4.29. The molecule has 1 heterocycles. The first kappa shape index (κ1) is 14.2. The van der Waals surface area contributed by atoms with Crippen LogP contribution in [0.2, 0.25) is 0 Å². The van der Waals surface area contributed by atoms with Gasteiger partial charge in [-0.2, -0.15) is 5.10 Å². The van der Waals surface area contributed by atoms with Crippen LogP contribution in [0.5, 0.6) is 0 Å². The van der Waals surface area contributed by atoms with E-state index in [1.807, 2.05) is 13.8 Å². The monoisotopic (exact) mass is 253 g/mol. The van der Waals surface area contributed by atoms with Gasteiger partial charge >= 0.3 is 5.97 Å². The molecule has 0 aliphatic rings. The lowest BCUT2D eigenvalue weighted by molar-refractivity contribution is -0.143. The third-order valence-corrected chi connectivity index (χ3v) is 2.92. The average Bonchev–Trinajstić information content (AvgIpc) is 2.85. The van der Waals surface area contributed by atoms with Crippen LogP contribution in [0.15, 0.2) is 18.5 Å². The number of aryl methyl sites for hydroxylation is 1. The lowest BCUT2D eigenvalue weighted by Crippen LogP contribution is -2.45. The second-order valence-corrected chi connectivity index (χ2v) is 4.29. The van der Waals surface area contributed by atoms with Gasteiger partial charge in [0.15, 0.2) is 0 Å². The molecule has 0 bridgehead atoms. The van der Waals surface area contributed by atoms with Crippen molar-refractivity contribution in [3.8, 4) is 0 Å². The molecule has 2 unspecified atom stereocenters. The SMILES string of the molecule is CCC(C)C(NC(=O)CCn1cccn1)C(=O)O. The van der Waals surface area contributed by atoms with Crippen LogP contribution >= 0.6 is 0 Å². The number of carbonyl (C=O) groups excluding carboxylic acids is 1. The van der Waals surface area contributed by atoms with E-state index in [0.717, 1.165) is 0 Å². The molecule has 1 aromatic rings. The third-order valence-electron chi connectivity index (χ3n) is 2.92. The number of rotatable bonds is 7. The van der Waals surface area contributed by atoms with E-state index in [9.17, 15) is 9.59 Å². The fraction of sp³-hybridized carbons (Fsp3) is 0.583. The molecule has 1 aromatic heterocycles. The normalized spacial score (nSPS) is 13.9. The van der Waals surface area contributed by atoms with E-state index in [-0.39, 0.29) is 18.2 Å². The molecule has 0 aliphatic carbocycles. The Kier molecular flexibility index (Phi) is 5.35. The molecule has 6 heteroatoms. The summed E-state index contributed by atoms with van der Waals surface area (Å²) in [6.07, 6.45) is 4.33. The van der Waals surface area contributed by atoms with Gasteiger partial charge in [-0.25, -0.2) is 4.79 Å². The van der Waals surface area contributed by atoms with Crippen molar-refractivity contribution >= 4 is 11.9 Å². The molecule has 6 nitrogen and oxygen atoms in total. The molecule has 2 atom stereocenters. The molecular formula is C12H19N3O3. The van der Waals surface area contributed by atoms with Crippen molar-refractivity contribution in [3.05, 3.63) is 18.5 Å². The van der Waals surface area contributed by atoms with Crippen molar-refractivity contribution in [1.29, 1.82) is 0 Å². The maximum Gasteiger partial charge on any atom is 0.326 e. The number of hydrogen-bond donors (Lipinski definition) is 2. The second kappa shape index (κ2) is 6.78. The number of hydrogen-bond acceptors (Lipinski definition) is 3. The van der Waals surface area contributed by atoms with Gasteiger partial charge in [0.1, 0.15) is 6.04 Å². The number of aromatic nitrogens is 2. The minimum absolute atomic E-state index is 0.0869. The summed E-state index contributed by atoms with van der Waals surface area (Å²) in [5.74, 6) is -1.34. The van der Waals surface area contributed by atoms with Crippen LogP contribution in [0.4, 0.5) is 0 Å². The van der Waals surface area contributed by atoms with Gasteiger partial charge in [0.25, 0.3) is 0 Å². The highest BCUT2D eigenvalue weighted by atomic mass is 16.4. The molecule has 0 spiro atoms. The summed E-state index contributed by atoms with van der Waals surface area (Å²) in [6.45, 7) is 4.16. The highest BCUT2D eigenvalue weighted by Crippen LogP contribution is 2.08. The van der Waals surface area contributed by atoms with Crippen molar-refractivity contribution in [2.24, 2.45) is 5.92 Å². The predicted octanol–water partition coefficient (Wildman–Crippen LogP) is 0.889. The molecular weight excluding hydrogens is 234 g/mol. The van der Waals surface area contributed by atoms with E-state index in [2.05, 4.69) is 10.4 Å². The molecule has 2 N–H and O–H groups in total. The van der Waals surface area contributed by atoms with E-state index >= 15 is 0 Å². The fourth-order valence-corrected chi connectivity index (χ4v) is 1.58. The summed E-state index contributed by atoms with van der Waals surface area (Å²) >= 11 is 0. The standard InChI is InChI=1S/C12H19N3O3/c1-3-9(2)11(12(17)18)14-10(16)5-8-15-7-4-6-13-15/h4,6-7,9,11H,3,5,8H2,1-2H3,(H,14,16)(H,17,18). The summed E-state index contributed by atoms with van der Waals surface area (Å²) in [7, 11) is 0. The van der Waals surface area contributed by atoms with Crippen LogP contribution in [0.25, 0.3) is 0 Å². The van der Waals surface area contributed by atoms with E-state index in [1.54, 1.807) is 23.1 Å². The summed E-state index contributed by atoms with van der Waals surface area (Å²) < 4.78 is 1.64. The van der Waals surface area contributed by atoms with Gasteiger partial charge in [0, 0.05) is 25.4 Å². The topological polar surface area (TPSA) is 84.2 Å². The number of nitrogens with one attached hydrogen (secondary N) is 1. The average molecular weight is 253 g/mol. The number of carbonyl (C=O) groups is 2. The quantitative estimate of drug-likeness (QED) is 0.755. The Bertz CT molecular complexity index is 389. The molecule has 0 saturated carbocycles. The lowest BCUT2D eigenvalue weighted by Gasteiger charge is -2.20. The summed E-state index contributed by atoms with van der Waals surface area (Å²) in [6, 6.07) is 0.956. The first-order chi connectivity index (χ1) is 8.54. The van der Waals surface area contributed by atoms with Crippen LogP contribution in [0, 0.1) is 5.92 Å². The zero-order chi connectivity index (χ0) is 13.5. The van der Waals surface area contributed by atoms with Crippen LogP contribution in [0.3, 0.4) is 0 Å². The summed E-state index contributed by atoms with van der Waals surface area (Å²) in [4.78, 5) is 22.7. The molecule has 0 fully saturated rings. The minimum atomic E-state index is -0.989. The smallest absolute Gasteiger partial charge is 0.326 e. The van der Waals surface area contributed by atoms with Gasteiger partial charge in [0.2, 0.25) is 5.91 Å². The third kappa shape index (κ3) is 4.20. The maximum atomic E-state index is 11.7. The number of aliphatic carboxylic acids is 1. The van der Waals surface area contributed by atoms with Gasteiger partial charge in [-0.05, 0) is 12.0 Å². The van der Waals surface area contributed by atoms with Gasteiger partial charge in [-0.15, -0.1) is 0 Å². The molecule has 1 rings (SSSR count). The Balaban J connectivity index is 2.44. The zero-order valence-corrected chi connectivity index (χ0v) is 10.7. The highest BCUT2D eigenvalue weighted by molar-refractivity contribution is 5.83. The molecule has 0 aromatic carbocycles. The Morgan fingerprint density at radius 2 is 2.22 bits per heavy atom. The van der Waals surface area contributed by atoms with Crippen LogP contribution in [0.1, 0.15) is 26.7 Å². The first-order valence-electron chi connectivity index (χ1n) is 6.04. The number of carboxylic acids is 1. The van der Waals surface area contributed by atoms with Gasteiger partial charge in [-0.1, -0.05) is 20.3 Å². The van der Waals surface area contributed by atoms with E-state index < -0.39 is 12.0 Å². The largest absolute Gasteiger partial charge is 0.480 e. The van der Waals surface area contributed by atoms with Crippen molar-refractivity contribution in [3.63, 3.8) is 0 Å². The molecule has 100 valence electrons. The number of carboxylic acid groups (broad SMARTS) is 1. The Morgan fingerprint density at radius 1 is 1.50 bits per heavy atom. The van der Waals surface area contributed by atoms with E-state index in [1.165, 1.54) is 0 Å². The maximum absolute atomic E-state index is 11.7. The molecule has 1 amide bonds. The minimum Gasteiger partial charge on any atom is -0.480 e. The predicted molar refractivity (Wildman–Crippen MR) is 65.9 cm³/mol. The number of nitrogens with zero attached hydrogens (tertiary/aromatic N) is 2. The van der Waals surface area contributed by atoms with Crippen molar-refractivity contribution in [2.75, 3.05) is 0 Å². The fourth-order valence-electron chi connectivity index (χ4n) is 1.58. The first-order valence-corrected chi connectivity index (χ1v) is 6.04. The molecule has 0 radical (unpaired) electrons. The number of amides is 1. The Hall–Kier alpha value is -1.85. The van der Waals surface area contributed by atoms with Crippen molar-refractivity contribution in [2.45, 2.75) is 39.3 Å². The molecule has 0 aliphatic heterocycles. The zero-order valence-electron chi connectivity index (χ0n) is 10.7. The molecule has 0 saturated heterocycles. The van der Waals surface area contributed by atoms with Crippen molar-refractivity contribution in [1.82, 2.24) is 15.1 Å². The van der Waals surface area contributed by atoms with E-state index in [4.69, 9.17) is 5.11 Å². The van der Waals surface area contributed by atoms with Gasteiger partial charge in [-0.3, -0.25) is 9.48 Å². The van der Waals surface area contributed by atoms with Crippen LogP contribution in [-0.2, 0) is 16.1 Å². The Morgan fingerprint density at radius 3 is 2.72 bits per heavy atom. The van der Waals surface area contributed by atoms with Crippen molar-refractivity contribution < 1.29 is 14.7 Å². The lowest BCUT2D eigenvalue weighted by atomic mass is 9.99. The van der Waals surface area contributed by atoms with Crippen LogP contribution in [-0.4, -0.2) is 32.8 Å². The Labute approximate surface area is 106 Å². The highest BCUT2D eigenvalue weighted by Gasteiger charge is 2.24. The summed E-state index contributed by atoms with van der Waals surface area (Å²) in [5.41, 5.74) is 0. The van der Waals surface area contributed by atoms with Crippen LogP contribution < -0.4 is 5.32 Å². The van der Waals surface area contributed by atoms with Gasteiger partial charge in [0.05, 0.1) is 0 Å². The summed E-state index contributed by atoms with van der Waals surface area (Å²) in [5, 5.41) is 15.6. The van der Waals surface area contributed by atoms with E-state index in [0.29, 0.717) is 13.0 Å². The molecule has 18 heavy (non-hydrogen) atoms. The van der Waals surface area contributed by atoms with Gasteiger partial charge < -0.3 is 10.4 Å².